The van der Waals surface area contributed by atoms with Gasteiger partial charge in [0.15, 0.2) is 0 Å². The summed E-state index contributed by atoms with van der Waals surface area (Å²) in [6.45, 7) is 4.60. The number of ether oxygens (including phenoxy) is 1. The highest BCUT2D eigenvalue weighted by atomic mass is 16.5. The van der Waals surface area contributed by atoms with Crippen molar-refractivity contribution in [2.24, 2.45) is 0 Å². The van der Waals surface area contributed by atoms with Gasteiger partial charge >= 0.3 is 0 Å². The lowest BCUT2D eigenvalue weighted by Crippen LogP contribution is -2.06. The molecule has 0 saturated carbocycles. The third-order valence-electron chi connectivity index (χ3n) is 2.01. The third kappa shape index (κ3) is 1.05. The normalized spacial score (nSPS) is 15.2. The topological polar surface area (TPSA) is 29.5 Å². The summed E-state index contributed by atoms with van der Waals surface area (Å²) in [6, 6.07) is 5.09. The molecule has 0 atom stereocenters. The molecule has 0 radical (unpaired) electrons. The first kappa shape index (κ1) is 7.22. The van der Waals surface area contributed by atoms with Crippen LogP contribution in [0.5, 0.6) is 11.5 Å². The zero-order valence-electron chi connectivity index (χ0n) is 6.71. The van der Waals surface area contributed by atoms with Crippen molar-refractivity contribution in [2.75, 3.05) is 6.61 Å². The summed E-state index contributed by atoms with van der Waals surface area (Å²) in [5, 5.41) is 9.21. The molecule has 0 unspecified atom stereocenters. The Hall–Kier alpha value is -1.44. The summed E-state index contributed by atoms with van der Waals surface area (Å²) < 4.78 is 5.38. The maximum absolute atomic E-state index is 9.21. The first-order valence-corrected chi connectivity index (χ1v) is 3.91. The van der Waals surface area contributed by atoms with Crippen LogP contribution in [0.1, 0.15) is 12.0 Å². The van der Waals surface area contributed by atoms with E-state index in [2.05, 4.69) is 6.58 Å². The van der Waals surface area contributed by atoms with E-state index in [9.17, 15) is 5.11 Å². The van der Waals surface area contributed by atoms with Crippen molar-refractivity contribution in [1.29, 1.82) is 0 Å². The van der Waals surface area contributed by atoms with Gasteiger partial charge in [-0.25, -0.2) is 0 Å². The summed E-state index contributed by atoms with van der Waals surface area (Å²) in [4.78, 5) is 0. The fraction of sp³-hybridized carbons (Fsp3) is 0.200. The summed E-state index contributed by atoms with van der Waals surface area (Å²) in [6.07, 6.45) is 0.844. The second kappa shape index (κ2) is 2.55. The van der Waals surface area contributed by atoms with E-state index in [0.29, 0.717) is 6.61 Å². The highest BCUT2D eigenvalue weighted by Gasteiger charge is 2.13. The molecule has 62 valence electrons. The predicted molar refractivity (Wildman–Crippen MR) is 47.3 cm³/mol. The van der Waals surface area contributed by atoms with Crippen LogP contribution in [0, 0.1) is 0 Å². The molecule has 0 bridgehead atoms. The summed E-state index contributed by atoms with van der Waals surface area (Å²) in [5.41, 5.74) is 1.97. The molecular formula is C10H10O2. The van der Waals surface area contributed by atoms with Gasteiger partial charge in [0.1, 0.15) is 11.5 Å². The second-order valence-electron chi connectivity index (χ2n) is 2.88. The number of hydrogen-bond donors (Lipinski definition) is 1. The molecule has 0 aromatic heterocycles. The molecule has 1 aliphatic heterocycles. The number of rotatable bonds is 0. The van der Waals surface area contributed by atoms with E-state index in [1.807, 2.05) is 0 Å². The van der Waals surface area contributed by atoms with E-state index in [-0.39, 0.29) is 5.75 Å². The van der Waals surface area contributed by atoms with Gasteiger partial charge in [-0.05, 0) is 23.8 Å². The molecule has 0 saturated heterocycles. The second-order valence-corrected chi connectivity index (χ2v) is 2.88. The lowest BCUT2D eigenvalue weighted by atomic mass is 10.0. The van der Waals surface area contributed by atoms with Crippen molar-refractivity contribution in [3.63, 3.8) is 0 Å². The number of benzene rings is 1. The zero-order chi connectivity index (χ0) is 8.55. The first-order valence-electron chi connectivity index (χ1n) is 3.91. The largest absolute Gasteiger partial charge is 0.508 e. The number of hydrogen-bond acceptors (Lipinski definition) is 2. The molecule has 1 aliphatic rings. The van der Waals surface area contributed by atoms with Crippen molar-refractivity contribution < 1.29 is 9.84 Å². The lowest BCUT2D eigenvalue weighted by Gasteiger charge is -2.18. The minimum atomic E-state index is 0.264. The molecule has 12 heavy (non-hydrogen) atoms. The zero-order valence-corrected chi connectivity index (χ0v) is 6.71. The van der Waals surface area contributed by atoms with Crippen LogP contribution < -0.4 is 4.74 Å². The maximum Gasteiger partial charge on any atom is 0.127 e. The minimum absolute atomic E-state index is 0.264. The van der Waals surface area contributed by atoms with Crippen LogP contribution in [0.4, 0.5) is 0 Å². The molecule has 2 heteroatoms. The van der Waals surface area contributed by atoms with E-state index < -0.39 is 0 Å². The average Bonchev–Trinajstić information content (AvgIpc) is 2.07. The number of phenols is 1. The quantitative estimate of drug-likeness (QED) is 0.633. The van der Waals surface area contributed by atoms with Gasteiger partial charge in [-0.3, -0.25) is 0 Å². The summed E-state index contributed by atoms with van der Waals surface area (Å²) in [7, 11) is 0. The molecule has 0 fully saturated rings. The predicted octanol–water partition coefficient (Wildman–Crippen LogP) is 2.19. The molecule has 1 N–H and O–H groups in total. The fourth-order valence-corrected chi connectivity index (χ4v) is 1.34. The Morgan fingerprint density at radius 3 is 3.08 bits per heavy atom. The van der Waals surface area contributed by atoms with Gasteiger partial charge in [0, 0.05) is 12.0 Å². The van der Waals surface area contributed by atoms with Gasteiger partial charge in [-0.15, -0.1) is 0 Å². The smallest absolute Gasteiger partial charge is 0.127 e. The minimum Gasteiger partial charge on any atom is -0.508 e. The van der Waals surface area contributed by atoms with E-state index in [1.165, 1.54) is 0 Å². The van der Waals surface area contributed by atoms with Crippen LogP contribution in [0.2, 0.25) is 0 Å². The molecule has 0 amide bonds. The molecule has 2 nitrogen and oxygen atoms in total. The average molecular weight is 162 g/mol. The van der Waals surface area contributed by atoms with Crippen molar-refractivity contribution in [1.82, 2.24) is 0 Å². The Morgan fingerprint density at radius 2 is 2.25 bits per heavy atom. The van der Waals surface area contributed by atoms with Crippen LogP contribution in [0.3, 0.4) is 0 Å². The number of phenolic OH excluding ortho intramolecular Hbond substituents is 1. The van der Waals surface area contributed by atoms with E-state index >= 15 is 0 Å². The Balaban J connectivity index is 2.54. The summed E-state index contributed by atoms with van der Waals surface area (Å²) in [5.74, 6) is 1.09. The monoisotopic (exact) mass is 162 g/mol. The van der Waals surface area contributed by atoms with Gasteiger partial charge < -0.3 is 9.84 Å². The molecular weight excluding hydrogens is 152 g/mol. The van der Waals surface area contributed by atoms with Crippen molar-refractivity contribution in [2.45, 2.75) is 6.42 Å². The Kier molecular flexibility index (Phi) is 1.54. The van der Waals surface area contributed by atoms with Gasteiger partial charge in [-0.2, -0.15) is 0 Å². The number of aromatic hydroxyl groups is 1. The van der Waals surface area contributed by atoms with E-state index in [0.717, 1.165) is 23.3 Å². The Bertz CT molecular complexity index is 329. The fourth-order valence-electron chi connectivity index (χ4n) is 1.34. The van der Waals surface area contributed by atoms with Crippen LogP contribution in [-0.4, -0.2) is 11.7 Å². The third-order valence-corrected chi connectivity index (χ3v) is 2.01. The molecule has 1 aromatic carbocycles. The lowest BCUT2D eigenvalue weighted by molar-refractivity contribution is 0.316. The number of fused-ring (bicyclic) bond motifs is 1. The van der Waals surface area contributed by atoms with Crippen LogP contribution in [-0.2, 0) is 0 Å². The van der Waals surface area contributed by atoms with Gasteiger partial charge in [-0.1, -0.05) is 6.58 Å². The molecule has 1 aromatic rings. The Morgan fingerprint density at radius 1 is 1.42 bits per heavy atom. The van der Waals surface area contributed by atoms with E-state index in [4.69, 9.17) is 4.74 Å². The summed E-state index contributed by atoms with van der Waals surface area (Å²) >= 11 is 0. The molecule has 1 heterocycles. The first-order chi connectivity index (χ1) is 5.77. The Labute approximate surface area is 71.1 Å². The van der Waals surface area contributed by atoms with Gasteiger partial charge in [0.25, 0.3) is 0 Å². The van der Waals surface area contributed by atoms with Gasteiger partial charge in [0.2, 0.25) is 0 Å². The maximum atomic E-state index is 9.21. The molecule has 0 aliphatic carbocycles. The van der Waals surface area contributed by atoms with Crippen LogP contribution >= 0.6 is 0 Å². The van der Waals surface area contributed by atoms with Gasteiger partial charge in [0.05, 0.1) is 6.61 Å². The highest BCUT2D eigenvalue weighted by molar-refractivity contribution is 5.71. The highest BCUT2D eigenvalue weighted by Crippen LogP contribution is 2.33. The van der Waals surface area contributed by atoms with Crippen molar-refractivity contribution in [3.05, 3.63) is 30.3 Å². The SMILES string of the molecule is C=C1CCOc2ccc(O)cc21. The molecule has 0 spiro atoms. The standard InChI is InChI=1S/C10H10O2/c1-7-4-5-12-10-3-2-8(11)6-9(7)10/h2-3,6,11H,1,4-5H2. The van der Waals surface area contributed by atoms with Crippen molar-refractivity contribution >= 4 is 5.57 Å². The van der Waals surface area contributed by atoms with E-state index in [1.54, 1.807) is 18.2 Å². The van der Waals surface area contributed by atoms with Crippen LogP contribution in [0.25, 0.3) is 5.57 Å². The van der Waals surface area contributed by atoms with Crippen molar-refractivity contribution in [3.8, 4) is 11.5 Å². The van der Waals surface area contributed by atoms with Crippen LogP contribution in [0.15, 0.2) is 24.8 Å². The molecule has 2 rings (SSSR count).